The second-order valence-electron chi connectivity index (χ2n) is 6.12. The molecule has 2 heterocycles. The number of halogens is 1. The molecule has 134 valence electrons. The molecule has 1 fully saturated rings. The average molecular weight is 380 g/mol. The number of hydrogen-bond acceptors (Lipinski definition) is 5. The van der Waals surface area contributed by atoms with Gasteiger partial charge in [0.1, 0.15) is 5.82 Å². The van der Waals surface area contributed by atoms with Gasteiger partial charge in [-0.3, -0.25) is 0 Å². The quantitative estimate of drug-likeness (QED) is 0.887. The number of hydrogen-bond donors (Lipinski definition) is 1. The number of piperazine rings is 1. The van der Waals surface area contributed by atoms with Crippen molar-refractivity contribution in [3.63, 3.8) is 0 Å². The highest BCUT2D eigenvalue weighted by atomic mass is 35.5. The van der Waals surface area contributed by atoms with Crippen molar-refractivity contribution in [1.29, 1.82) is 0 Å². The number of nitrogens with zero attached hydrogens (tertiary/aromatic N) is 4. The Hall–Kier alpha value is -1.86. The Labute approximate surface area is 157 Å². The Bertz CT molecular complexity index is 720. The van der Waals surface area contributed by atoms with E-state index in [-0.39, 0.29) is 12.1 Å². The lowest BCUT2D eigenvalue weighted by atomic mass is 10.1. The molecule has 0 radical (unpaired) electrons. The van der Waals surface area contributed by atoms with E-state index in [1.807, 2.05) is 36.1 Å². The first-order valence-electron chi connectivity index (χ1n) is 8.43. The van der Waals surface area contributed by atoms with E-state index < -0.39 is 0 Å². The first-order valence-corrected chi connectivity index (χ1v) is 9.58. The van der Waals surface area contributed by atoms with Gasteiger partial charge in [0.15, 0.2) is 0 Å². The first-order chi connectivity index (χ1) is 12.1. The summed E-state index contributed by atoms with van der Waals surface area (Å²) < 4.78 is 4.48. The van der Waals surface area contributed by atoms with Crippen LogP contribution in [-0.2, 0) is 6.42 Å². The molecule has 1 aromatic carbocycles. The fraction of sp³-hybridized carbons (Fsp3) is 0.471. The molecule has 0 aliphatic carbocycles. The molecule has 2 aromatic rings. The topological polar surface area (TPSA) is 61.4 Å². The highest BCUT2D eigenvalue weighted by Crippen LogP contribution is 2.22. The van der Waals surface area contributed by atoms with Crippen molar-refractivity contribution >= 4 is 34.3 Å². The van der Waals surface area contributed by atoms with Crippen molar-refractivity contribution in [2.24, 2.45) is 0 Å². The Morgan fingerprint density at radius 1 is 1.36 bits per heavy atom. The van der Waals surface area contributed by atoms with Crippen LogP contribution in [0, 0.1) is 0 Å². The third-order valence-corrected chi connectivity index (χ3v) is 5.29. The normalized spacial score (nSPS) is 17.6. The average Bonchev–Trinajstić information content (AvgIpc) is 3.05. The van der Waals surface area contributed by atoms with Gasteiger partial charge in [0.25, 0.3) is 0 Å². The highest BCUT2D eigenvalue weighted by molar-refractivity contribution is 7.09. The molecule has 1 aliphatic rings. The maximum Gasteiger partial charge on any atom is 0.317 e. The van der Waals surface area contributed by atoms with Gasteiger partial charge in [0.2, 0.25) is 5.13 Å². The molecule has 3 rings (SSSR count). The van der Waals surface area contributed by atoms with E-state index in [1.54, 1.807) is 0 Å². The van der Waals surface area contributed by atoms with Gasteiger partial charge in [0, 0.05) is 55.2 Å². The number of aromatic nitrogens is 2. The van der Waals surface area contributed by atoms with Crippen molar-refractivity contribution in [2.45, 2.75) is 26.3 Å². The van der Waals surface area contributed by atoms with Crippen molar-refractivity contribution in [3.05, 3.63) is 40.7 Å². The van der Waals surface area contributed by atoms with Crippen molar-refractivity contribution in [2.75, 3.05) is 31.1 Å². The molecule has 1 atom stereocenters. The lowest BCUT2D eigenvalue weighted by Gasteiger charge is -2.39. The summed E-state index contributed by atoms with van der Waals surface area (Å²) in [7, 11) is 0. The van der Waals surface area contributed by atoms with E-state index in [0.29, 0.717) is 19.5 Å². The lowest BCUT2D eigenvalue weighted by molar-refractivity contribution is 0.172. The van der Waals surface area contributed by atoms with Crippen LogP contribution < -0.4 is 10.2 Å². The third-order valence-electron chi connectivity index (χ3n) is 4.22. The highest BCUT2D eigenvalue weighted by Gasteiger charge is 2.28. The summed E-state index contributed by atoms with van der Waals surface area (Å²) in [6.07, 6.45) is 0.697. The third kappa shape index (κ3) is 4.41. The molecule has 0 saturated carbocycles. The van der Waals surface area contributed by atoms with Gasteiger partial charge < -0.3 is 15.1 Å². The van der Waals surface area contributed by atoms with Crippen LogP contribution in [0.3, 0.4) is 0 Å². The van der Waals surface area contributed by atoms with E-state index >= 15 is 0 Å². The molecule has 1 saturated heterocycles. The van der Waals surface area contributed by atoms with Crippen LogP contribution in [0.25, 0.3) is 0 Å². The summed E-state index contributed by atoms with van der Waals surface area (Å²) >= 11 is 7.34. The molecule has 0 spiro atoms. The number of amides is 2. The number of carbonyl (C=O) groups is 1. The zero-order valence-electron chi connectivity index (χ0n) is 14.4. The van der Waals surface area contributed by atoms with E-state index in [9.17, 15) is 4.79 Å². The summed E-state index contributed by atoms with van der Waals surface area (Å²) in [5.74, 6) is 0.820. The van der Waals surface area contributed by atoms with Crippen LogP contribution in [0.4, 0.5) is 9.93 Å². The number of benzene rings is 1. The maximum absolute atomic E-state index is 12.0. The summed E-state index contributed by atoms with van der Waals surface area (Å²) in [6, 6.07) is 7.91. The van der Waals surface area contributed by atoms with E-state index in [1.165, 1.54) is 11.5 Å². The van der Waals surface area contributed by atoms with Crippen molar-refractivity contribution < 1.29 is 4.79 Å². The van der Waals surface area contributed by atoms with Gasteiger partial charge in [-0.25, -0.2) is 9.78 Å². The minimum absolute atomic E-state index is 0.00958. The summed E-state index contributed by atoms with van der Waals surface area (Å²) in [5, 5.41) is 4.52. The molecule has 0 bridgehead atoms. The Balaban J connectivity index is 1.61. The van der Waals surface area contributed by atoms with Crippen molar-refractivity contribution in [1.82, 2.24) is 19.6 Å². The summed E-state index contributed by atoms with van der Waals surface area (Å²) in [5.41, 5.74) is 1.14. The predicted octanol–water partition coefficient (Wildman–Crippen LogP) is 3.02. The Kier molecular flexibility index (Phi) is 5.75. The van der Waals surface area contributed by atoms with Crippen LogP contribution in [0.2, 0.25) is 5.02 Å². The fourth-order valence-corrected chi connectivity index (χ4v) is 3.76. The van der Waals surface area contributed by atoms with E-state index in [0.717, 1.165) is 34.6 Å². The number of rotatable bonds is 4. The molecule has 1 N–H and O–H groups in total. The molecule has 1 unspecified atom stereocenters. The predicted molar refractivity (Wildman–Crippen MR) is 102 cm³/mol. The van der Waals surface area contributed by atoms with Crippen LogP contribution in [0.5, 0.6) is 0 Å². The van der Waals surface area contributed by atoms with Crippen molar-refractivity contribution in [3.8, 4) is 0 Å². The maximum atomic E-state index is 12.0. The minimum atomic E-state index is 0.00958. The number of anilines is 1. The second kappa shape index (κ2) is 8.01. The molecular weight excluding hydrogens is 358 g/mol. The molecule has 8 heteroatoms. The first kappa shape index (κ1) is 17.9. The Morgan fingerprint density at radius 2 is 2.12 bits per heavy atom. The van der Waals surface area contributed by atoms with Gasteiger partial charge in [0.05, 0.1) is 0 Å². The molecule has 1 aliphatic heterocycles. The SMILES string of the molecule is CCNC(=O)N1CCN(c2nc(Cc3ccc(Cl)cc3)ns2)CC1C. The molecule has 25 heavy (non-hydrogen) atoms. The zero-order valence-corrected chi connectivity index (χ0v) is 16.0. The van der Waals surface area contributed by atoms with Gasteiger partial charge in [-0.05, 0) is 31.5 Å². The fourth-order valence-electron chi connectivity index (χ4n) is 2.92. The number of urea groups is 1. The largest absolute Gasteiger partial charge is 0.343 e. The number of nitrogens with one attached hydrogen (secondary N) is 1. The van der Waals surface area contributed by atoms with Crippen LogP contribution in [-0.4, -0.2) is 52.5 Å². The zero-order chi connectivity index (χ0) is 17.8. The number of carbonyl (C=O) groups excluding carboxylic acids is 1. The van der Waals surface area contributed by atoms with Gasteiger partial charge in [-0.1, -0.05) is 23.7 Å². The lowest BCUT2D eigenvalue weighted by Crippen LogP contribution is -2.56. The minimum Gasteiger partial charge on any atom is -0.343 e. The standard InChI is InChI=1S/C17H22ClN5OS/c1-3-19-16(24)23-9-8-22(11-12(23)2)17-20-15(21-25-17)10-13-4-6-14(18)7-5-13/h4-7,12H,3,8-11H2,1-2H3,(H,19,24). The van der Waals surface area contributed by atoms with Crippen LogP contribution >= 0.6 is 23.1 Å². The Morgan fingerprint density at radius 3 is 2.80 bits per heavy atom. The monoisotopic (exact) mass is 379 g/mol. The molecule has 2 amide bonds. The van der Waals surface area contributed by atoms with E-state index in [4.69, 9.17) is 11.6 Å². The molecule has 6 nitrogen and oxygen atoms in total. The smallest absolute Gasteiger partial charge is 0.317 e. The molecule has 1 aromatic heterocycles. The van der Waals surface area contributed by atoms with Crippen LogP contribution in [0.15, 0.2) is 24.3 Å². The van der Waals surface area contributed by atoms with Gasteiger partial charge >= 0.3 is 6.03 Å². The van der Waals surface area contributed by atoms with Gasteiger partial charge in [-0.15, -0.1) is 0 Å². The van der Waals surface area contributed by atoms with Gasteiger partial charge in [-0.2, -0.15) is 4.37 Å². The van der Waals surface area contributed by atoms with Crippen LogP contribution in [0.1, 0.15) is 25.2 Å². The van der Waals surface area contributed by atoms with E-state index in [2.05, 4.69) is 26.5 Å². The second-order valence-corrected chi connectivity index (χ2v) is 7.29. The summed E-state index contributed by atoms with van der Waals surface area (Å²) in [4.78, 5) is 20.8. The molecular formula is C17H22ClN5OS. The summed E-state index contributed by atoms with van der Waals surface area (Å²) in [6.45, 7) is 6.89.